The lowest BCUT2D eigenvalue weighted by molar-refractivity contribution is -0.0190. The monoisotopic (exact) mass is 344 g/mol. The molecule has 1 N–H and O–H groups in total. The zero-order valence-corrected chi connectivity index (χ0v) is 13.0. The molecule has 0 aliphatic heterocycles. The van der Waals surface area contributed by atoms with E-state index in [4.69, 9.17) is 55.9 Å². The van der Waals surface area contributed by atoms with E-state index >= 15 is 0 Å². The summed E-state index contributed by atoms with van der Waals surface area (Å²) in [7, 11) is 0. The minimum atomic E-state index is -1.59. The fraction of sp³-hybridized carbons (Fsp3) is 0.333. The molecule has 1 atom stereocenters. The molecule has 1 aromatic rings. The molecule has 0 heterocycles. The first-order valence-electron chi connectivity index (χ1n) is 5.33. The maximum absolute atomic E-state index is 9.43. The highest BCUT2D eigenvalue weighted by atomic mass is 35.5. The molecule has 0 spiro atoms. The van der Waals surface area contributed by atoms with Crippen LogP contribution in [0.25, 0.3) is 0 Å². The summed E-state index contributed by atoms with van der Waals surface area (Å²) in [6, 6.07) is 2.85. The van der Waals surface area contributed by atoms with E-state index in [9.17, 15) is 5.11 Å². The minimum absolute atomic E-state index is 0.165. The van der Waals surface area contributed by atoms with Crippen LogP contribution in [0.2, 0.25) is 10.0 Å². The molecule has 106 valence electrons. The summed E-state index contributed by atoms with van der Waals surface area (Å²) in [5.41, 5.74) is 0. The van der Waals surface area contributed by atoms with Gasteiger partial charge < -0.3 is 14.6 Å². The number of ether oxygens (including phenoxy) is 2. The van der Waals surface area contributed by atoms with Gasteiger partial charge in [0, 0.05) is 18.6 Å². The lowest BCUT2D eigenvalue weighted by atomic mass is 10.3. The smallest absolute Gasteiger partial charge is 0.277 e. The molecule has 0 aliphatic carbocycles. The molecule has 0 bridgehead atoms. The second-order valence-corrected chi connectivity index (χ2v) is 5.70. The van der Waals surface area contributed by atoms with Gasteiger partial charge in [-0.05, 0) is 6.08 Å². The Bertz CT molecular complexity index is 439. The van der Waals surface area contributed by atoms with Crippen LogP contribution >= 0.6 is 46.4 Å². The standard InChI is InChI=1S/C12H12Cl4O3/c1-3-10(17)18-11-8(13)5-7(6-9(11)14)19-12(15,16)4-2/h4-6,10,17H,2-3H2,1H3. The van der Waals surface area contributed by atoms with Crippen LogP contribution in [-0.4, -0.2) is 15.9 Å². The Kier molecular flexibility index (Phi) is 6.09. The summed E-state index contributed by atoms with van der Waals surface area (Å²) in [6.07, 6.45) is 0.617. The van der Waals surface area contributed by atoms with Crippen molar-refractivity contribution in [2.24, 2.45) is 0 Å². The van der Waals surface area contributed by atoms with E-state index in [2.05, 4.69) is 6.58 Å². The molecule has 19 heavy (non-hydrogen) atoms. The lowest BCUT2D eigenvalue weighted by Crippen LogP contribution is -2.18. The van der Waals surface area contributed by atoms with Crippen molar-refractivity contribution in [3.05, 3.63) is 34.8 Å². The van der Waals surface area contributed by atoms with Crippen molar-refractivity contribution in [1.82, 2.24) is 0 Å². The normalized spacial score (nSPS) is 12.9. The fourth-order valence-corrected chi connectivity index (χ4v) is 1.86. The molecule has 0 fully saturated rings. The summed E-state index contributed by atoms with van der Waals surface area (Å²) in [5.74, 6) is 0.414. The second kappa shape index (κ2) is 6.91. The third-order valence-electron chi connectivity index (χ3n) is 2.07. The molecule has 3 nitrogen and oxygen atoms in total. The quantitative estimate of drug-likeness (QED) is 0.457. The summed E-state index contributed by atoms with van der Waals surface area (Å²) >= 11 is 23.5. The SMILES string of the molecule is C=CC(Cl)(Cl)Oc1cc(Cl)c(OC(O)CC)c(Cl)c1. The van der Waals surface area contributed by atoms with E-state index in [-0.39, 0.29) is 21.5 Å². The highest BCUT2D eigenvalue weighted by Gasteiger charge is 2.23. The number of rotatable bonds is 6. The Morgan fingerprint density at radius 2 is 1.89 bits per heavy atom. The molecule has 7 heteroatoms. The van der Waals surface area contributed by atoms with E-state index in [1.807, 2.05) is 0 Å². The molecule has 0 aromatic heterocycles. The Labute approximate surface area is 131 Å². The lowest BCUT2D eigenvalue weighted by Gasteiger charge is -2.19. The zero-order chi connectivity index (χ0) is 14.6. The molecular weight excluding hydrogens is 334 g/mol. The Hall–Kier alpha value is -0.320. The van der Waals surface area contributed by atoms with Gasteiger partial charge in [-0.1, -0.05) is 59.9 Å². The van der Waals surface area contributed by atoms with Gasteiger partial charge >= 0.3 is 0 Å². The van der Waals surface area contributed by atoms with Gasteiger partial charge in [0.1, 0.15) is 5.75 Å². The van der Waals surface area contributed by atoms with Crippen LogP contribution in [0.3, 0.4) is 0 Å². The first kappa shape index (κ1) is 16.7. The predicted molar refractivity (Wildman–Crippen MR) is 78.6 cm³/mol. The van der Waals surface area contributed by atoms with Crippen molar-refractivity contribution in [1.29, 1.82) is 0 Å². The van der Waals surface area contributed by atoms with E-state index < -0.39 is 10.8 Å². The van der Waals surface area contributed by atoms with Gasteiger partial charge in [0.25, 0.3) is 4.52 Å². The number of alkyl halides is 2. The topological polar surface area (TPSA) is 38.7 Å². The number of halogens is 4. The first-order chi connectivity index (χ1) is 8.79. The van der Waals surface area contributed by atoms with E-state index in [0.717, 1.165) is 0 Å². The maximum Gasteiger partial charge on any atom is 0.277 e. The average molecular weight is 346 g/mol. The van der Waals surface area contributed by atoms with Crippen molar-refractivity contribution in [2.45, 2.75) is 24.2 Å². The van der Waals surface area contributed by atoms with Gasteiger partial charge in [-0.15, -0.1) is 0 Å². The Morgan fingerprint density at radius 1 is 1.37 bits per heavy atom. The second-order valence-electron chi connectivity index (χ2n) is 3.56. The average Bonchev–Trinajstić information content (AvgIpc) is 2.33. The molecule has 0 saturated heterocycles. The Balaban J connectivity index is 3.00. The maximum atomic E-state index is 9.43. The highest BCUT2D eigenvalue weighted by molar-refractivity contribution is 6.48. The molecule has 0 saturated carbocycles. The number of benzene rings is 1. The first-order valence-corrected chi connectivity index (χ1v) is 6.84. The Morgan fingerprint density at radius 3 is 2.32 bits per heavy atom. The van der Waals surface area contributed by atoms with Crippen LogP contribution in [-0.2, 0) is 0 Å². The highest BCUT2D eigenvalue weighted by Crippen LogP contribution is 2.39. The van der Waals surface area contributed by atoms with Gasteiger partial charge in [-0.25, -0.2) is 0 Å². The van der Waals surface area contributed by atoms with Crippen LogP contribution < -0.4 is 9.47 Å². The van der Waals surface area contributed by atoms with Gasteiger partial charge in [0.05, 0.1) is 10.0 Å². The molecule has 0 radical (unpaired) electrons. The summed E-state index contributed by atoms with van der Waals surface area (Å²) in [4.78, 5) is 0. The van der Waals surface area contributed by atoms with E-state index in [0.29, 0.717) is 6.42 Å². The van der Waals surface area contributed by atoms with Gasteiger partial charge in [-0.3, -0.25) is 0 Å². The molecule has 1 unspecified atom stereocenters. The number of aliphatic hydroxyl groups excluding tert-OH is 1. The molecular formula is C12H12Cl4O3. The van der Waals surface area contributed by atoms with Gasteiger partial charge in [0.15, 0.2) is 12.0 Å². The van der Waals surface area contributed by atoms with Crippen molar-refractivity contribution >= 4 is 46.4 Å². The van der Waals surface area contributed by atoms with Crippen LogP contribution in [0.5, 0.6) is 11.5 Å². The minimum Gasteiger partial charge on any atom is -0.462 e. The summed E-state index contributed by atoms with van der Waals surface area (Å²) < 4.78 is 8.83. The van der Waals surface area contributed by atoms with Crippen molar-refractivity contribution in [3.63, 3.8) is 0 Å². The van der Waals surface area contributed by atoms with Crippen LogP contribution in [0.15, 0.2) is 24.8 Å². The van der Waals surface area contributed by atoms with Crippen molar-refractivity contribution in [2.75, 3.05) is 0 Å². The molecule has 1 rings (SSSR count). The number of hydrogen-bond acceptors (Lipinski definition) is 3. The van der Waals surface area contributed by atoms with Crippen LogP contribution in [0, 0.1) is 0 Å². The summed E-state index contributed by atoms with van der Waals surface area (Å²) in [6.45, 7) is 5.18. The number of aliphatic hydroxyl groups is 1. The number of hydrogen-bond donors (Lipinski definition) is 1. The zero-order valence-electron chi connectivity index (χ0n) is 10.00. The van der Waals surface area contributed by atoms with Crippen LogP contribution in [0.4, 0.5) is 0 Å². The third kappa shape index (κ3) is 4.93. The van der Waals surface area contributed by atoms with Gasteiger partial charge in [-0.2, -0.15) is 0 Å². The molecule has 1 aromatic carbocycles. The molecule has 0 amide bonds. The van der Waals surface area contributed by atoms with Crippen molar-refractivity contribution in [3.8, 4) is 11.5 Å². The van der Waals surface area contributed by atoms with Gasteiger partial charge in [0.2, 0.25) is 0 Å². The third-order valence-corrected chi connectivity index (χ3v) is 3.09. The predicted octanol–water partition coefficient (Wildman–Crippen LogP) is 4.80. The van der Waals surface area contributed by atoms with Crippen LogP contribution in [0.1, 0.15) is 13.3 Å². The van der Waals surface area contributed by atoms with Crippen molar-refractivity contribution < 1.29 is 14.6 Å². The summed E-state index contributed by atoms with van der Waals surface area (Å²) in [5, 5.41) is 9.77. The molecule has 0 aliphatic rings. The van der Waals surface area contributed by atoms with E-state index in [1.54, 1.807) is 6.92 Å². The largest absolute Gasteiger partial charge is 0.462 e. The fourth-order valence-electron chi connectivity index (χ4n) is 1.13. The van der Waals surface area contributed by atoms with E-state index in [1.165, 1.54) is 18.2 Å².